The number of aryl methyl sites for hydroxylation is 1. The highest BCUT2D eigenvalue weighted by atomic mass is 32.2. The molecule has 0 aliphatic rings. The number of aliphatic carboxylic acids is 1. The Bertz CT molecular complexity index is 928. The van der Waals surface area contributed by atoms with Gasteiger partial charge in [-0.1, -0.05) is 12.1 Å². The van der Waals surface area contributed by atoms with E-state index in [1.54, 1.807) is 6.92 Å². The number of rotatable bonds is 6. The molecule has 8 heteroatoms. The number of carbonyl (C=O) groups is 1. The number of carboxylic acid groups (broad SMARTS) is 1. The topological polar surface area (TPSA) is 105 Å². The number of hydrogen-bond acceptors (Lipinski definition) is 4. The minimum atomic E-state index is -3.80. The predicted octanol–water partition coefficient (Wildman–Crippen LogP) is 1.77. The van der Waals surface area contributed by atoms with Gasteiger partial charge in [0.05, 0.1) is 10.6 Å². The monoisotopic (exact) mass is 348 g/mol. The van der Waals surface area contributed by atoms with Crippen molar-refractivity contribution >= 4 is 27.8 Å². The number of sulfonamides is 1. The highest BCUT2D eigenvalue weighted by Gasteiger charge is 2.14. The molecule has 0 atom stereocenters. The van der Waals surface area contributed by atoms with Gasteiger partial charge in [0.25, 0.3) is 15.6 Å². The van der Waals surface area contributed by atoms with Crippen LogP contribution in [0.1, 0.15) is 12.5 Å². The van der Waals surface area contributed by atoms with Crippen LogP contribution < -0.4 is 10.3 Å². The SMILES string of the molecule is CCn1cc(NS(=O)(=O)c2ccc(C=CC(=O)O)cc2)ccc1=O. The lowest BCUT2D eigenvalue weighted by molar-refractivity contribution is -0.131. The van der Waals surface area contributed by atoms with Gasteiger partial charge in [0, 0.05) is 24.9 Å². The van der Waals surface area contributed by atoms with Crippen LogP contribution in [0.25, 0.3) is 6.08 Å². The van der Waals surface area contributed by atoms with Gasteiger partial charge in [0.2, 0.25) is 0 Å². The zero-order valence-electron chi connectivity index (χ0n) is 12.8. The fraction of sp³-hybridized carbons (Fsp3) is 0.125. The molecule has 0 saturated carbocycles. The minimum Gasteiger partial charge on any atom is -0.478 e. The van der Waals surface area contributed by atoms with Crippen molar-refractivity contribution < 1.29 is 18.3 Å². The smallest absolute Gasteiger partial charge is 0.328 e. The molecule has 2 rings (SSSR count). The van der Waals surface area contributed by atoms with Crippen molar-refractivity contribution in [3.05, 3.63) is 64.6 Å². The van der Waals surface area contributed by atoms with Gasteiger partial charge in [-0.15, -0.1) is 0 Å². The number of hydrogen-bond donors (Lipinski definition) is 2. The fourth-order valence-corrected chi connectivity index (χ4v) is 3.02. The molecule has 0 fully saturated rings. The second kappa shape index (κ2) is 7.14. The molecule has 0 aliphatic heterocycles. The number of aromatic nitrogens is 1. The van der Waals surface area contributed by atoms with E-state index in [9.17, 15) is 18.0 Å². The molecular weight excluding hydrogens is 332 g/mol. The molecule has 0 radical (unpaired) electrons. The van der Waals surface area contributed by atoms with Gasteiger partial charge >= 0.3 is 5.97 Å². The third kappa shape index (κ3) is 4.32. The second-order valence-corrected chi connectivity index (χ2v) is 6.57. The molecular formula is C16H16N2O5S. The highest BCUT2D eigenvalue weighted by Crippen LogP contribution is 2.16. The van der Waals surface area contributed by atoms with E-state index in [-0.39, 0.29) is 16.1 Å². The van der Waals surface area contributed by atoms with Crippen molar-refractivity contribution in [2.24, 2.45) is 0 Å². The van der Waals surface area contributed by atoms with Crippen LogP contribution in [0.2, 0.25) is 0 Å². The van der Waals surface area contributed by atoms with E-state index in [0.29, 0.717) is 12.1 Å². The summed E-state index contributed by atoms with van der Waals surface area (Å²) >= 11 is 0. The molecule has 1 aromatic heterocycles. The predicted molar refractivity (Wildman–Crippen MR) is 90.3 cm³/mol. The van der Waals surface area contributed by atoms with Crippen molar-refractivity contribution in [2.75, 3.05) is 4.72 Å². The van der Waals surface area contributed by atoms with E-state index < -0.39 is 16.0 Å². The van der Waals surface area contributed by atoms with Crippen molar-refractivity contribution in [3.8, 4) is 0 Å². The zero-order valence-corrected chi connectivity index (χ0v) is 13.7. The van der Waals surface area contributed by atoms with E-state index in [2.05, 4.69) is 4.72 Å². The third-order valence-corrected chi connectivity index (χ3v) is 4.58. The van der Waals surface area contributed by atoms with Crippen LogP contribution in [0.3, 0.4) is 0 Å². The standard InChI is InChI=1S/C16H16N2O5S/c1-2-18-11-13(6-9-15(18)19)17-24(22,23)14-7-3-12(4-8-14)5-10-16(20)21/h3-11,17H,2H2,1H3,(H,20,21). The molecule has 0 saturated heterocycles. The number of anilines is 1. The Labute approximate surface area is 138 Å². The maximum atomic E-state index is 12.4. The number of benzene rings is 1. The van der Waals surface area contributed by atoms with E-state index in [1.807, 2.05) is 0 Å². The summed E-state index contributed by atoms with van der Waals surface area (Å²) in [6.07, 6.45) is 3.77. The first-order valence-corrected chi connectivity index (χ1v) is 8.54. The molecule has 24 heavy (non-hydrogen) atoms. The van der Waals surface area contributed by atoms with Crippen molar-refractivity contribution in [1.29, 1.82) is 0 Å². The quantitative estimate of drug-likeness (QED) is 0.774. The number of nitrogens with zero attached hydrogens (tertiary/aromatic N) is 1. The van der Waals surface area contributed by atoms with Crippen LogP contribution in [-0.4, -0.2) is 24.1 Å². The molecule has 2 N–H and O–H groups in total. The summed E-state index contributed by atoms with van der Waals surface area (Å²) in [5.74, 6) is -1.08. The van der Waals surface area contributed by atoms with Crippen LogP contribution in [0.4, 0.5) is 5.69 Å². The molecule has 1 aromatic carbocycles. The third-order valence-electron chi connectivity index (χ3n) is 3.19. The maximum absolute atomic E-state index is 12.4. The van der Waals surface area contributed by atoms with E-state index in [1.165, 1.54) is 53.2 Å². The maximum Gasteiger partial charge on any atom is 0.328 e. The first-order chi connectivity index (χ1) is 11.3. The Balaban J connectivity index is 2.24. The van der Waals surface area contributed by atoms with E-state index in [0.717, 1.165) is 6.08 Å². The summed E-state index contributed by atoms with van der Waals surface area (Å²) in [7, 11) is -3.80. The minimum absolute atomic E-state index is 0.0317. The van der Waals surface area contributed by atoms with Gasteiger partial charge in [0.15, 0.2) is 0 Å². The van der Waals surface area contributed by atoms with Crippen LogP contribution in [0.15, 0.2) is 58.4 Å². The van der Waals surface area contributed by atoms with Gasteiger partial charge in [-0.2, -0.15) is 0 Å². The fourth-order valence-electron chi connectivity index (χ4n) is 1.98. The molecule has 1 heterocycles. The average Bonchev–Trinajstić information content (AvgIpc) is 2.55. The number of nitrogens with one attached hydrogen (secondary N) is 1. The summed E-state index contributed by atoms with van der Waals surface area (Å²) in [5, 5.41) is 8.57. The summed E-state index contributed by atoms with van der Waals surface area (Å²) in [5.41, 5.74) is 0.636. The Morgan fingerprint density at radius 1 is 1.21 bits per heavy atom. The van der Waals surface area contributed by atoms with Crippen molar-refractivity contribution in [2.45, 2.75) is 18.4 Å². The van der Waals surface area contributed by atoms with E-state index in [4.69, 9.17) is 5.11 Å². The van der Waals surface area contributed by atoms with Gasteiger partial charge in [-0.3, -0.25) is 9.52 Å². The van der Waals surface area contributed by atoms with Crippen molar-refractivity contribution in [3.63, 3.8) is 0 Å². The lowest BCUT2D eigenvalue weighted by Crippen LogP contribution is -2.20. The normalized spacial score (nSPS) is 11.5. The molecule has 0 amide bonds. The zero-order chi connectivity index (χ0) is 17.7. The van der Waals surface area contributed by atoms with E-state index >= 15 is 0 Å². The Morgan fingerprint density at radius 2 is 1.88 bits per heavy atom. The Kier molecular flexibility index (Phi) is 5.20. The average molecular weight is 348 g/mol. The first kappa shape index (κ1) is 17.5. The second-order valence-electron chi connectivity index (χ2n) is 4.89. The van der Waals surface area contributed by atoms with Crippen LogP contribution in [0.5, 0.6) is 0 Å². The van der Waals surface area contributed by atoms with Crippen molar-refractivity contribution in [1.82, 2.24) is 4.57 Å². The summed E-state index contributed by atoms with van der Waals surface area (Å²) in [6.45, 7) is 2.21. The van der Waals surface area contributed by atoms with Gasteiger partial charge in [-0.25, -0.2) is 13.2 Å². The van der Waals surface area contributed by atoms with Crippen LogP contribution in [0, 0.1) is 0 Å². The lowest BCUT2D eigenvalue weighted by atomic mass is 10.2. The molecule has 2 aromatic rings. The van der Waals surface area contributed by atoms with Crippen LogP contribution in [-0.2, 0) is 21.4 Å². The Morgan fingerprint density at radius 3 is 2.46 bits per heavy atom. The first-order valence-electron chi connectivity index (χ1n) is 7.06. The number of pyridine rings is 1. The lowest BCUT2D eigenvalue weighted by Gasteiger charge is -2.10. The molecule has 0 aliphatic carbocycles. The number of carboxylic acids is 1. The summed E-state index contributed by atoms with van der Waals surface area (Å²) in [4.78, 5) is 22.0. The van der Waals surface area contributed by atoms with Gasteiger partial charge in [0.1, 0.15) is 0 Å². The Hall–Kier alpha value is -2.87. The summed E-state index contributed by atoms with van der Waals surface area (Å²) in [6, 6.07) is 8.44. The highest BCUT2D eigenvalue weighted by molar-refractivity contribution is 7.92. The van der Waals surface area contributed by atoms with Crippen LogP contribution >= 0.6 is 0 Å². The van der Waals surface area contributed by atoms with Gasteiger partial charge in [-0.05, 0) is 36.8 Å². The van der Waals surface area contributed by atoms with Gasteiger partial charge < -0.3 is 9.67 Å². The molecule has 126 valence electrons. The molecule has 7 nitrogen and oxygen atoms in total. The summed E-state index contributed by atoms with van der Waals surface area (Å²) < 4.78 is 28.5. The largest absolute Gasteiger partial charge is 0.478 e. The molecule has 0 bridgehead atoms. The molecule has 0 unspecified atom stereocenters. The molecule has 0 spiro atoms.